The molecule has 0 atom stereocenters. The highest BCUT2D eigenvalue weighted by Gasteiger charge is 2.26. The molecule has 1 aromatic carbocycles. The molecule has 0 fully saturated rings. The van der Waals surface area contributed by atoms with E-state index in [1.54, 1.807) is 16.0 Å². The van der Waals surface area contributed by atoms with E-state index in [1.165, 1.54) is 17.5 Å². The summed E-state index contributed by atoms with van der Waals surface area (Å²) in [5, 5.41) is 1.79. The maximum absolute atomic E-state index is 13.7. The quantitative estimate of drug-likeness (QED) is 0.748. The Bertz CT molecular complexity index is 880. The van der Waals surface area contributed by atoms with Crippen LogP contribution in [0.2, 0.25) is 0 Å². The standard InChI is InChI=1S/C12H9F2N3O2S2/c13-9-3-7(15)4-10(14)11(9)21(18,19)6-8-5-17-1-2-20-12(17)16-8/h1-5H,6,15H2. The largest absolute Gasteiger partial charge is 0.399 e. The third-order valence-corrected chi connectivity index (χ3v) is 5.27. The van der Waals surface area contributed by atoms with Crippen molar-refractivity contribution in [3.05, 3.63) is 47.2 Å². The number of fused-ring (bicyclic) bond motifs is 1. The van der Waals surface area contributed by atoms with E-state index in [2.05, 4.69) is 4.98 Å². The van der Waals surface area contributed by atoms with Gasteiger partial charge in [-0.05, 0) is 12.1 Å². The highest BCUT2D eigenvalue weighted by atomic mass is 32.2. The number of nitrogen functional groups attached to an aromatic ring is 1. The normalized spacial score (nSPS) is 12.1. The second-order valence-electron chi connectivity index (χ2n) is 4.40. The molecular weight excluding hydrogens is 320 g/mol. The van der Waals surface area contributed by atoms with Crippen LogP contribution in [0.15, 0.2) is 34.8 Å². The molecule has 2 heterocycles. The number of halogens is 2. The van der Waals surface area contributed by atoms with Gasteiger partial charge in [-0.25, -0.2) is 22.2 Å². The van der Waals surface area contributed by atoms with Gasteiger partial charge in [0.25, 0.3) is 0 Å². The molecule has 0 saturated heterocycles. The summed E-state index contributed by atoms with van der Waals surface area (Å²) >= 11 is 1.33. The Hall–Kier alpha value is -2.00. The molecular formula is C12H9F2N3O2S2. The van der Waals surface area contributed by atoms with Crippen molar-refractivity contribution in [3.63, 3.8) is 0 Å². The summed E-state index contributed by atoms with van der Waals surface area (Å²) in [6, 6.07) is 1.56. The number of thiazole rings is 1. The number of rotatable bonds is 3. The molecule has 0 aliphatic heterocycles. The van der Waals surface area contributed by atoms with Crippen LogP contribution in [0.3, 0.4) is 0 Å². The monoisotopic (exact) mass is 329 g/mol. The Balaban J connectivity index is 2.03. The molecule has 2 aromatic heterocycles. The van der Waals surface area contributed by atoms with Gasteiger partial charge in [-0.15, -0.1) is 11.3 Å². The minimum atomic E-state index is -4.19. The number of imidazole rings is 1. The average molecular weight is 329 g/mol. The van der Waals surface area contributed by atoms with Gasteiger partial charge in [0.1, 0.15) is 16.5 Å². The molecule has 0 amide bonds. The number of benzene rings is 1. The molecule has 0 aliphatic rings. The second-order valence-corrected chi connectivity index (χ2v) is 7.20. The van der Waals surface area contributed by atoms with Crippen molar-refractivity contribution in [1.82, 2.24) is 9.38 Å². The van der Waals surface area contributed by atoms with Crippen LogP contribution in [0.5, 0.6) is 0 Å². The molecule has 0 saturated carbocycles. The Labute approximate surface area is 122 Å². The number of nitrogens with zero attached hydrogens (tertiary/aromatic N) is 2. The van der Waals surface area contributed by atoms with E-state index >= 15 is 0 Å². The van der Waals surface area contributed by atoms with E-state index in [9.17, 15) is 17.2 Å². The molecule has 0 spiro atoms. The lowest BCUT2D eigenvalue weighted by molar-refractivity contribution is 0.520. The van der Waals surface area contributed by atoms with Crippen LogP contribution in [-0.2, 0) is 15.6 Å². The van der Waals surface area contributed by atoms with Gasteiger partial charge >= 0.3 is 0 Å². The Morgan fingerprint density at radius 1 is 1.29 bits per heavy atom. The number of anilines is 1. The zero-order chi connectivity index (χ0) is 15.2. The first-order valence-corrected chi connectivity index (χ1v) is 8.28. The summed E-state index contributed by atoms with van der Waals surface area (Å²) in [5.41, 5.74) is 5.32. The lowest BCUT2D eigenvalue weighted by Crippen LogP contribution is -2.10. The van der Waals surface area contributed by atoms with Crippen LogP contribution in [0, 0.1) is 11.6 Å². The summed E-state index contributed by atoms with van der Waals surface area (Å²) in [6.07, 6.45) is 3.23. The van der Waals surface area contributed by atoms with Crippen LogP contribution in [-0.4, -0.2) is 17.8 Å². The minimum Gasteiger partial charge on any atom is -0.399 e. The van der Waals surface area contributed by atoms with E-state index < -0.39 is 32.1 Å². The maximum Gasteiger partial charge on any atom is 0.193 e. The maximum atomic E-state index is 13.7. The summed E-state index contributed by atoms with van der Waals surface area (Å²) in [7, 11) is -4.19. The first kappa shape index (κ1) is 14.0. The summed E-state index contributed by atoms with van der Waals surface area (Å²) < 4.78 is 53.5. The highest BCUT2D eigenvalue weighted by molar-refractivity contribution is 7.90. The zero-order valence-corrected chi connectivity index (χ0v) is 12.1. The fraction of sp³-hybridized carbons (Fsp3) is 0.0833. The Morgan fingerprint density at radius 3 is 2.57 bits per heavy atom. The first-order chi connectivity index (χ1) is 9.87. The Kier molecular flexibility index (Phi) is 3.18. The van der Waals surface area contributed by atoms with E-state index in [0.717, 1.165) is 12.1 Å². The number of nitrogens with two attached hydrogens (primary N) is 1. The molecule has 0 radical (unpaired) electrons. The average Bonchev–Trinajstić information content (AvgIpc) is 2.86. The third-order valence-electron chi connectivity index (χ3n) is 2.81. The molecule has 0 bridgehead atoms. The predicted molar refractivity (Wildman–Crippen MR) is 74.7 cm³/mol. The number of sulfone groups is 1. The van der Waals surface area contributed by atoms with E-state index in [0.29, 0.717) is 4.96 Å². The highest BCUT2D eigenvalue weighted by Crippen LogP contribution is 2.25. The third kappa shape index (κ3) is 2.49. The van der Waals surface area contributed by atoms with Crippen LogP contribution in [0.1, 0.15) is 5.69 Å². The fourth-order valence-electron chi connectivity index (χ4n) is 1.99. The molecule has 3 aromatic rings. The van der Waals surface area contributed by atoms with Crippen molar-refractivity contribution in [2.45, 2.75) is 10.6 Å². The van der Waals surface area contributed by atoms with E-state index in [1.807, 2.05) is 0 Å². The minimum absolute atomic E-state index is 0.175. The molecule has 0 aliphatic carbocycles. The van der Waals surface area contributed by atoms with Gasteiger partial charge in [0.05, 0.1) is 11.4 Å². The topological polar surface area (TPSA) is 77.5 Å². The fourth-order valence-corrected chi connectivity index (χ4v) is 4.09. The van der Waals surface area contributed by atoms with Gasteiger partial charge in [0.2, 0.25) is 0 Å². The van der Waals surface area contributed by atoms with Gasteiger partial charge < -0.3 is 5.73 Å². The molecule has 21 heavy (non-hydrogen) atoms. The van der Waals surface area contributed by atoms with Crippen LogP contribution < -0.4 is 5.73 Å². The number of hydrogen-bond acceptors (Lipinski definition) is 5. The van der Waals surface area contributed by atoms with E-state index in [-0.39, 0.29) is 11.4 Å². The van der Waals surface area contributed by atoms with Crippen molar-refractivity contribution in [1.29, 1.82) is 0 Å². The molecule has 110 valence electrons. The van der Waals surface area contributed by atoms with Crippen LogP contribution in [0.4, 0.5) is 14.5 Å². The van der Waals surface area contributed by atoms with Crippen molar-refractivity contribution in [3.8, 4) is 0 Å². The van der Waals surface area contributed by atoms with E-state index in [4.69, 9.17) is 5.73 Å². The van der Waals surface area contributed by atoms with Gasteiger partial charge in [-0.2, -0.15) is 0 Å². The van der Waals surface area contributed by atoms with Crippen LogP contribution in [0.25, 0.3) is 4.96 Å². The molecule has 5 nitrogen and oxygen atoms in total. The molecule has 0 unspecified atom stereocenters. The SMILES string of the molecule is Nc1cc(F)c(S(=O)(=O)Cc2cn3ccsc3n2)c(F)c1. The van der Waals surface area contributed by atoms with Gasteiger partial charge in [0, 0.05) is 23.5 Å². The zero-order valence-electron chi connectivity index (χ0n) is 10.5. The lowest BCUT2D eigenvalue weighted by Gasteiger charge is -2.06. The van der Waals surface area contributed by atoms with Gasteiger partial charge in [0.15, 0.2) is 14.8 Å². The lowest BCUT2D eigenvalue weighted by atomic mass is 10.3. The summed E-state index contributed by atoms with van der Waals surface area (Å²) in [4.78, 5) is 3.72. The smallest absolute Gasteiger partial charge is 0.193 e. The Morgan fingerprint density at radius 2 is 1.95 bits per heavy atom. The van der Waals surface area contributed by atoms with Crippen LogP contribution >= 0.6 is 11.3 Å². The first-order valence-electron chi connectivity index (χ1n) is 5.75. The van der Waals surface area contributed by atoms with Gasteiger partial charge in [-0.1, -0.05) is 0 Å². The summed E-state index contributed by atoms with van der Waals surface area (Å²) in [6.45, 7) is 0. The van der Waals surface area contributed by atoms with Crippen molar-refractivity contribution in [2.24, 2.45) is 0 Å². The van der Waals surface area contributed by atoms with Crippen molar-refractivity contribution >= 4 is 31.8 Å². The molecule has 2 N–H and O–H groups in total. The number of hydrogen-bond donors (Lipinski definition) is 1. The second kappa shape index (κ2) is 4.78. The molecule has 9 heteroatoms. The van der Waals surface area contributed by atoms with Gasteiger partial charge in [-0.3, -0.25) is 4.40 Å². The van der Waals surface area contributed by atoms with Crippen molar-refractivity contribution in [2.75, 3.05) is 5.73 Å². The summed E-state index contributed by atoms with van der Waals surface area (Å²) in [5.74, 6) is -2.99. The predicted octanol–water partition coefficient (Wildman–Crippen LogP) is 2.23. The molecule has 3 rings (SSSR count). The van der Waals surface area contributed by atoms with Crippen molar-refractivity contribution < 1.29 is 17.2 Å². The number of aromatic nitrogens is 2.